The Morgan fingerprint density at radius 1 is 0.917 bits per heavy atom. The summed E-state index contributed by atoms with van der Waals surface area (Å²) in [4.78, 5) is 3.36. The number of aromatic amines is 1. The molecular formula is C21H16N2O. The van der Waals surface area contributed by atoms with Gasteiger partial charge in [-0.25, -0.2) is 0 Å². The molecule has 24 heavy (non-hydrogen) atoms. The number of rotatable bonds is 2. The lowest BCUT2D eigenvalue weighted by Crippen LogP contribution is -1.83. The second-order valence-electron chi connectivity index (χ2n) is 5.96. The van der Waals surface area contributed by atoms with Crippen LogP contribution in [-0.4, -0.2) is 12.1 Å². The van der Waals surface area contributed by atoms with Gasteiger partial charge in [-0.2, -0.15) is 5.26 Å². The van der Waals surface area contributed by atoms with Crippen molar-refractivity contribution in [3.05, 3.63) is 65.7 Å². The summed E-state index contributed by atoms with van der Waals surface area (Å²) in [7, 11) is 1.65. The summed E-state index contributed by atoms with van der Waals surface area (Å²) in [5.74, 6) is 0.798. The Hall–Kier alpha value is -3.25. The van der Waals surface area contributed by atoms with Gasteiger partial charge in [-0.15, -0.1) is 0 Å². The molecule has 0 aliphatic rings. The number of nitrogens with one attached hydrogen (secondary N) is 1. The summed E-state index contributed by atoms with van der Waals surface area (Å²) in [6.45, 7) is 2.07. The van der Waals surface area contributed by atoms with Gasteiger partial charge < -0.3 is 9.72 Å². The van der Waals surface area contributed by atoms with Crippen LogP contribution in [0.4, 0.5) is 0 Å². The first-order valence-electron chi connectivity index (χ1n) is 7.80. The highest BCUT2D eigenvalue weighted by molar-refractivity contribution is 6.10. The van der Waals surface area contributed by atoms with Crippen molar-refractivity contribution in [1.29, 1.82) is 5.26 Å². The summed E-state index contributed by atoms with van der Waals surface area (Å²) >= 11 is 0. The first-order chi connectivity index (χ1) is 11.7. The maximum absolute atomic E-state index is 9.58. The van der Waals surface area contributed by atoms with E-state index in [1.165, 1.54) is 5.56 Å². The molecule has 4 rings (SSSR count). The van der Waals surface area contributed by atoms with E-state index in [2.05, 4.69) is 48.3 Å². The van der Waals surface area contributed by atoms with Crippen LogP contribution < -0.4 is 4.74 Å². The van der Waals surface area contributed by atoms with Crippen molar-refractivity contribution in [3.63, 3.8) is 0 Å². The molecule has 0 bridgehead atoms. The number of hydrogen-bond donors (Lipinski definition) is 1. The molecule has 116 valence electrons. The van der Waals surface area contributed by atoms with Gasteiger partial charge in [-0.05, 0) is 42.3 Å². The summed E-state index contributed by atoms with van der Waals surface area (Å²) in [5, 5.41) is 11.7. The summed E-state index contributed by atoms with van der Waals surface area (Å²) in [6.07, 6.45) is 0. The van der Waals surface area contributed by atoms with Crippen LogP contribution in [0.5, 0.6) is 5.75 Å². The number of aromatic nitrogens is 1. The first-order valence-corrected chi connectivity index (χ1v) is 7.80. The lowest BCUT2D eigenvalue weighted by molar-refractivity contribution is 0.415. The Kier molecular flexibility index (Phi) is 3.25. The van der Waals surface area contributed by atoms with Gasteiger partial charge in [0, 0.05) is 16.8 Å². The number of ether oxygens (including phenoxy) is 1. The SMILES string of the molecule is COc1ccc2c(c1)[nH]c1c(C#N)cc(-c3ccc(C)cc3)cc12. The smallest absolute Gasteiger partial charge is 0.120 e. The highest BCUT2D eigenvalue weighted by Crippen LogP contribution is 2.34. The van der Waals surface area contributed by atoms with Gasteiger partial charge in [0.2, 0.25) is 0 Å². The van der Waals surface area contributed by atoms with Gasteiger partial charge in [0.25, 0.3) is 0 Å². The molecule has 3 nitrogen and oxygen atoms in total. The van der Waals surface area contributed by atoms with Crippen LogP contribution in [0.3, 0.4) is 0 Å². The van der Waals surface area contributed by atoms with Crippen molar-refractivity contribution in [1.82, 2.24) is 4.98 Å². The molecule has 0 spiro atoms. The topological polar surface area (TPSA) is 48.8 Å². The average Bonchev–Trinajstić information content (AvgIpc) is 2.99. The van der Waals surface area contributed by atoms with Crippen molar-refractivity contribution in [2.75, 3.05) is 7.11 Å². The molecule has 0 unspecified atom stereocenters. The number of methoxy groups -OCH3 is 1. The molecule has 0 amide bonds. The van der Waals surface area contributed by atoms with Crippen molar-refractivity contribution >= 4 is 21.8 Å². The van der Waals surface area contributed by atoms with Gasteiger partial charge >= 0.3 is 0 Å². The molecular weight excluding hydrogens is 296 g/mol. The van der Waals surface area contributed by atoms with Crippen LogP contribution in [0.2, 0.25) is 0 Å². The maximum atomic E-state index is 9.58. The van der Waals surface area contributed by atoms with Crippen LogP contribution >= 0.6 is 0 Å². The van der Waals surface area contributed by atoms with Gasteiger partial charge in [-0.3, -0.25) is 0 Å². The molecule has 0 aliphatic carbocycles. The number of benzene rings is 3. The minimum absolute atomic E-state index is 0.651. The van der Waals surface area contributed by atoms with E-state index in [4.69, 9.17) is 4.74 Å². The summed E-state index contributed by atoms with van der Waals surface area (Å²) in [6, 6.07) is 20.7. The Bertz CT molecular complexity index is 1100. The summed E-state index contributed by atoms with van der Waals surface area (Å²) in [5.41, 5.74) is 5.88. The third-order valence-electron chi connectivity index (χ3n) is 4.42. The molecule has 0 fully saturated rings. The lowest BCUT2D eigenvalue weighted by Gasteiger charge is -2.05. The Balaban J connectivity index is 2.02. The third kappa shape index (κ3) is 2.21. The van der Waals surface area contributed by atoms with E-state index in [9.17, 15) is 5.26 Å². The molecule has 3 aromatic carbocycles. The van der Waals surface area contributed by atoms with Crippen LogP contribution in [0.25, 0.3) is 32.9 Å². The van der Waals surface area contributed by atoms with E-state index in [0.29, 0.717) is 5.56 Å². The van der Waals surface area contributed by atoms with Crippen LogP contribution in [-0.2, 0) is 0 Å². The average molecular weight is 312 g/mol. The number of fused-ring (bicyclic) bond motifs is 3. The van der Waals surface area contributed by atoms with Gasteiger partial charge in [0.15, 0.2) is 0 Å². The van der Waals surface area contributed by atoms with E-state index < -0.39 is 0 Å². The van der Waals surface area contributed by atoms with Crippen molar-refractivity contribution in [2.45, 2.75) is 6.92 Å². The molecule has 1 heterocycles. The fourth-order valence-electron chi connectivity index (χ4n) is 3.11. The number of nitrogens with zero attached hydrogens (tertiary/aromatic N) is 1. The van der Waals surface area contributed by atoms with Gasteiger partial charge in [0.05, 0.1) is 23.7 Å². The first kappa shape index (κ1) is 14.3. The highest BCUT2D eigenvalue weighted by Gasteiger charge is 2.12. The zero-order valence-electron chi connectivity index (χ0n) is 13.6. The molecule has 0 aliphatic heterocycles. The van der Waals surface area contributed by atoms with E-state index in [1.54, 1.807) is 7.11 Å². The number of nitriles is 1. The van der Waals surface area contributed by atoms with E-state index >= 15 is 0 Å². The zero-order valence-corrected chi connectivity index (χ0v) is 13.6. The molecule has 1 N–H and O–H groups in total. The minimum atomic E-state index is 0.651. The summed E-state index contributed by atoms with van der Waals surface area (Å²) < 4.78 is 5.29. The van der Waals surface area contributed by atoms with Gasteiger partial charge in [0.1, 0.15) is 11.8 Å². The molecule has 3 heteroatoms. The number of hydrogen-bond acceptors (Lipinski definition) is 2. The van der Waals surface area contributed by atoms with E-state index in [1.807, 2.05) is 24.3 Å². The third-order valence-corrected chi connectivity index (χ3v) is 4.42. The number of aryl methyl sites for hydroxylation is 1. The lowest BCUT2D eigenvalue weighted by atomic mass is 9.99. The Morgan fingerprint density at radius 3 is 2.42 bits per heavy atom. The Morgan fingerprint density at radius 2 is 1.71 bits per heavy atom. The minimum Gasteiger partial charge on any atom is -0.497 e. The van der Waals surface area contributed by atoms with Crippen LogP contribution in [0.1, 0.15) is 11.1 Å². The van der Waals surface area contributed by atoms with Crippen LogP contribution in [0, 0.1) is 18.3 Å². The van der Waals surface area contributed by atoms with Crippen molar-refractivity contribution in [3.8, 4) is 22.9 Å². The molecule has 0 saturated heterocycles. The van der Waals surface area contributed by atoms with E-state index in [-0.39, 0.29) is 0 Å². The standard InChI is InChI=1S/C21H16N2O/c1-13-3-5-14(6-4-13)15-9-16(12-22)21-19(10-15)18-8-7-17(24-2)11-20(18)23-21/h3-11,23H,1-2H3. The second kappa shape index (κ2) is 5.43. The monoisotopic (exact) mass is 312 g/mol. The van der Waals surface area contributed by atoms with Crippen molar-refractivity contribution < 1.29 is 4.74 Å². The van der Waals surface area contributed by atoms with Crippen molar-refractivity contribution in [2.24, 2.45) is 0 Å². The predicted molar refractivity (Wildman–Crippen MR) is 97.2 cm³/mol. The fourth-order valence-corrected chi connectivity index (χ4v) is 3.11. The largest absolute Gasteiger partial charge is 0.497 e. The zero-order chi connectivity index (χ0) is 16.7. The predicted octanol–water partition coefficient (Wildman–Crippen LogP) is 5.18. The molecule has 0 saturated carbocycles. The molecule has 1 aromatic heterocycles. The fraction of sp³-hybridized carbons (Fsp3) is 0.0952. The second-order valence-corrected chi connectivity index (χ2v) is 5.96. The quantitative estimate of drug-likeness (QED) is 0.554. The Labute approximate surface area is 140 Å². The maximum Gasteiger partial charge on any atom is 0.120 e. The molecule has 0 radical (unpaired) electrons. The molecule has 4 aromatic rings. The number of H-pyrrole nitrogens is 1. The highest BCUT2D eigenvalue weighted by atomic mass is 16.5. The normalized spacial score (nSPS) is 10.9. The van der Waals surface area contributed by atoms with E-state index in [0.717, 1.165) is 38.7 Å². The molecule has 0 atom stereocenters. The van der Waals surface area contributed by atoms with Gasteiger partial charge in [-0.1, -0.05) is 29.8 Å². The van der Waals surface area contributed by atoms with Crippen LogP contribution in [0.15, 0.2) is 54.6 Å².